The Morgan fingerprint density at radius 2 is 2.26 bits per heavy atom. The molecule has 0 aliphatic carbocycles. The molecule has 2 rings (SSSR count). The first-order chi connectivity index (χ1) is 9.02. The Labute approximate surface area is 108 Å². The minimum absolute atomic E-state index is 0.0247. The topological polar surface area (TPSA) is 96.2 Å². The third kappa shape index (κ3) is 2.49. The van der Waals surface area contributed by atoms with E-state index in [9.17, 15) is 9.18 Å². The number of carbonyl (C=O) groups is 1. The van der Waals surface area contributed by atoms with E-state index in [0.717, 1.165) is 0 Å². The molecule has 0 atom stereocenters. The summed E-state index contributed by atoms with van der Waals surface area (Å²) in [6, 6.07) is 4.78. The van der Waals surface area contributed by atoms with Crippen molar-refractivity contribution in [3.8, 4) is 5.75 Å². The van der Waals surface area contributed by atoms with Gasteiger partial charge in [-0.15, -0.1) is 0 Å². The fourth-order valence-corrected chi connectivity index (χ4v) is 1.72. The van der Waals surface area contributed by atoms with Gasteiger partial charge in [-0.3, -0.25) is 9.48 Å². The maximum absolute atomic E-state index is 13.9. The van der Waals surface area contributed by atoms with Crippen molar-refractivity contribution in [2.75, 3.05) is 12.8 Å². The number of halogens is 1. The summed E-state index contributed by atoms with van der Waals surface area (Å²) in [5, 5.41) is 3.91. The number of primary amides is 1. The lowest BCUT2D eigenvalue weighted by atomic mass is 10.2. The second kappa shape index (κ2) is 4.97. The van der Waals surface area contributed by atoms with Crippen LogP contribution in [0.5, 0.6) is 5.75 Å². The molecule has 100 valence electrons. The van der Waals surface area contributed by atoms with E-state index in [1.54, 1.807) is 12.1 Å². The molecule has 0 saturated carbocycles. The first kappa shape index (κ1) is 12.9. The van der Waals surface area contributed by atoms with Crippen LogP contribution < -0.4 is 16.2 Å². The molecule has 2 aromatic rings. The van der Waals surface area contributed by atoms with E-state index in [0.29, 0.717) is 5.56 Å². The number of nitrogens with two attached hydrogens (primary N) is 2. The van der Waals surface area contributed by atoms with Crippen LogP contribution in [0.2, 0.25) is 0 Å². The average Bonchev–Trinajstić information content (AvgIpc) is 2.73. The van der Waals surface area contributed by atoms with Gasteiger partial charge in [0.05, 0.1) is 19.3 Å². The van der Waals surface area contributed by atoms with Gasteiger partial charge in [0.1, 0.15) is 0 Å². The number of nitrogen functional groups attached to an aromatic ring is 1. The summed E-state index contributed by atoms with van der Waals surface area (Å²) in [5.41, 5.74) is 11.2. The number of amides is 1. The molecule has 1 aromatic heterocycles. The number of nitrogens with zero attached hydrogens (tertiary/aromatic N) is 2. The van der Waals surface area contributed by atoms with Crippen LogP contribution in [0.4, 0.5) is 10.1 Å². The molecule has 1 heterocycles. The average molecular weight is 264 g/mol. The quantitative estimate of drug-likeness (QED) is 0.852. The second-order valence-electron chi connectivity index (χ2n) is 3.93. The minimum atomic E-state index is -0.720. The highest BCUT2D eigenvalue weighted by Crippen LogP contribution is 2.21. The number of methoxy groups -OCH3 is 1. The zero-order chi connectivity index (χ0) is 14.0. The van der Waals surface area contributed by atoms with Crippen molar-refractivity contribution in [2.24, 2.45) is 5.73 Å². The number of carbonyl (C=O) groups excluding carboxylic acids is 1. The number of anilines is 1. The van der Waals surface area contributed by atoms with E-state index in [4.69, 9.17) is 16.2 Å². The number of benzene rings is 1. The molecule has 1 amide bonds. The molecule has 0 aliphatic heterocycles. The predicted octanol–water partition coefficient (Wildman–Crippen LogP) is 0.760. The number of aromatic nitrogens is 2. The van der Waals surface area contributed by atoms with Crippen molar-refractivity contribution in [1.29, 1.82) is 0 Å². The molecule has 7 heteroatoms. The van der Waals surface area contributed by atoms with Gasteiger partial charge in [0.2, 0.25) is 0 Å². The molecule has 0 saturated heterocycles. The molecule has 0 unspecified atom stereocenters. The van der Waals surface area contributed by atoms with Gasteiger partial charge in [-0.25, -0.2) is 4.39 Å². The Bertz CT molecular complexity index is 624. The maximum Gasteiger partial charge on any atom is 0.271 e. The summed E-state index contributed by atoms with van der Waals surface area (Å²) in [6.45, 7) is 0.126. The zero-order valence-corrected chi connectivity index (χ0v) is 10.3. The molecule has 6 nitrogen and oxygen atoms in total. The summed E-state index contributed by atoms with van der Waals surface area (Å²) in [7, 11) is 1.39. The molecule has 0 fully saturated rings. The zero-order valence-electron chi connectivity index (χ0n) is 10.3. The highest BCUT2D eigenvalue weighted by Gasteiger charge is 2.13. The standard InChI is InChI=1S/C12H13FN4O2/c1-19-9-4-2-3-7(10(9)13)5-17-6-8(14)11(16-17)12(15)18/h2-4,6H,5,14H2,1H3,(H2,15,18). The third-order valence-electron chi connectivity index (χ3n) is 2.62. The van der Waals surface area contributed by atoms with Crippen LogP contribution in [0, 0.1) is 5.82 Å². The van der Waals surface area contributed by atoms with Crippen molar-refractivity contribution in [3.05, 3.63) is 41.5 Å². The van der Waals surface area contributed by atoms with Crippen LogP contribution in [0.25, 0.3) is 0 Å². The molecule has 0 radical (unpaired) electrons. The Kier molecular flexibility index (Phi) is 3.37. The monoisotopic (exact) mass is 264 g/mol. The van der Waals surface area contributed by atoms with Gasteiger partial charge in [-0.1, -0.05) is 12.1 Å². The summed E-state index contributed by atoms with van der Waals surface area (Å²) in [4.78, 5) is 11.0. The Morgan fingerprint density at radius 3 is 2.84 bits per heavy atom. The van der Waals surface area contributed by atoms with Gasteiger partial charge < -0.3 is 16.2 Å². The van der Waals surface area contributed by atoms with Gasteiger partial charge in [-0.05, 0) is 6.07 Å². The lowest BCUT2D eigenvalue weighted by molar-refractivity contribution is 0.0995. The highest BCUT2D eigenvalue weighted by molar-refractivity contribution is 5.95. The van der Waals surface area contributed by atoms with Crippen molar-refractivity contribution < 1.29 is 13.9 Å². The minimum Gasteiger partial charge on any atom is -0.494 e. The van der Waals surface area contributed by atoms with Crippen LogP contribution in [-0.4, -0.2) is 22.8 Å². The lowest BCUT2D eigenvalue weighted by Crippen LogP contribution is -2.14. The van der Waals surface area contributed by atoms with Crippen molar-refractivity contribution in [1.82, 2.24) is 9.78 Å². The van der Waals surface area contributed by atoms with Crippen molar-refractivity contribution in [2.45, 2.75) is 6.54 Å². The normalized spacial score (nSPS) is 10.4. The van der Waals surface area contributed by atoms with Crippen LogP contribution in [0.15, 0.2) is 24.4 Å². The van der Waals surface area contributed by atoms with E-state index >= 15 is 0 Å². The molecule has 19 heavy (non-hydrogen) atoms. The van der Waals surface area contributed by atoms with E-state index in [2.05, 4.69) is 5.10 Å². The van der Waals surface area contributed by atoms with Crippen LogP contribution in [-0.2, 0) is 6.54 Å². The van der Waals surface area contributed by atoms with Crippen molar-refractivity contribution >= 4 is 11.6 Å². The fraction of sp³-hybridized carbons (Fsp3) is 0.167. The van der Waals surface area contributed by atoms with E-state index in [-0.39, 0.29) is 23.7 Å². The first-order valence-corrected chi connectivity index (χ1v) is 5.47. The Hall–Kier alpha value is -2.57. The summed E-state index contributed by atoms with van der Waals surface area (Å²) < 4.78 is 20.2. The smallest absolute Gasteiger partial charge is 0.271 e. The van der Waals surface area contributed by atoms with Gasteiger partial charge >= 0.3 is 0 Å². The molecule has 4 N–H and O–H groups in total. The van der Waals surface area contributed by atoms with Crippen molar-refractivity contribution in [3.63, 3.8) is 0 Å². The summed E-state index contributed by atoms with van der Waals surface area (Å²) in [6.07, 6.45) is 1.43. The number of ether oxygens (including phenoxy) is 1. The number of hydrogen-bond acceptors (Lipinski definition) is 4. The predicted molar refractivity (Wildman–Crippen MR) is 67.2 cm³/mol. The SMILES string of the molecule is COc1cccc(Cn2cc(N)c(C(N)=O)n2)c1F. The Balaban J connectivity index is 2.31. The van der Waals surface area contributed by atoms with E-state index in [1.165, 1.54) is 24.1 Å². The molecular weight excluding hydrogens is 251 g/mol. The highest BCUT2D eigenvalue weighted by atomic mass is 19.1. The van der Waals surface area contributed by atoms with Gasteiger partial charge in [0.15, 0.2) is 17.3 Å². The largest absolute Gasteiger partial charge is 0.494 e. The lowest BCUT2D eigenvalue weighted by Gasteiger charge is -2.07. The van der Waals surface area contributed by atoms with Crippen LogP contribution >= 0.6 is 0 Å². The Morgan fingerprint density at radius 1 is 1.53 bits per heavy atom. The molecule has 0 aliphatic rings. The first-order valence-electron chi connectivity index (χ1n) is 5.47. The van der Waals surface area contributed by atoms with Crippen LogP contribution in [0.1, 0.15) is 16.1 Å². The van der Waals surface area contributed by atoms with Crippen LogP contribution in [0.3, 0.4) is 0 Å². The van der Waals surface area contributed by atoms with Gasteiger partial charge in [-0.2, -0.15) is 5.10 Å². The fourth-order valence-electron chi connectivity index (χ4n) is 1.72. The van der Waals surface area contributed by atoms with Gasteiger partial charge in [0, 0.05) is 11.8 Å². The molecule has 1 aromatic carbocycles. The molecule has 0 bridgehead atoms. The van der Waals surface area contributed by atoms with E-state index < -0.39 is 11.7 Å². The molecule has 0 spiro atoms. The summed E-state index contributed by atoms with van der Waals surface area (Å²) >= 11 is 0. The number of hydrogen-bond donors (Lipinski definition) is 2. The molecular formula is C12H13FN4O2. The third-order valence-corrected chi connectivity index (χ3v) is 2.62. The second-order valence-corrected chi connectivity index (χ2v) is 3.93. The summed E-state index contributed by atoms with van der Waals surface area (Å²) in [5.74, 6) is -1.05. The van der Waals surface area contributed by atoms with E-state index in [1.807, 2.05) is 0 Å². The van der Waals surface area contributed by atoms with Gasteiger partial charge in [0.25, 0.3) is 5.91 Å². The number of rotatable bonds is 4. The maximum atomic E-state index is 13.9.